The van der Waals surface area contributed by atoms with E-state index in [1.807, 2.05) is 44.2 Å². The summed E-state index contributed by atoms with van der Waals surface area (Å²) in [5, 5.41) is 10.8. The highest BCUT2D eigenvalue weighted by Gasteiger charge is 2.50. The van der Waals surface area contributed by atoms with Crippen LogP contribution in [0.1, 0.15) is 39.2 Å². The lowest BCUT2D eigenvalue weighted by molar-refractivity contribution is -0.134. The van der Waals surface area contributed by atoms with Crippen LogP contribution >= 0.6 is 11.6 Å². The lowest BCUT2D eigenvalue weighted by Crippen LogP contribution is -2.54. The molecule has 0 spiro atoms. The third-order valence-corrected chi connectivity index (χ3v) is 4.37. The van der Waals surface area contributed by atoms with Crippen molar-refractivity contribution in [3.63, 3.8) is 0 Å². The highest BCUT2D eigenvalue weighted by molar-refractivity contribution is 6.29. The zero-order valence-electron chi connectivity index (χ0n) is 11.2. The van der Waals surface area contributed by atoms with Crippen LogP contribution in [0.4, 0.5) is 0 Å². The number of ketones is 1. The minimum absolute atomic E-state index is 0.0896. The molecule has 18 heavy (non-hydrogen) atoms. The van der Waals surface area contributed by atoms with Gasteiger partial charge in [0.15, 0.2) is 5.78 Å². The van der Waals surface area contributed by atoms with Crippen LogP contribution in [0.5, 0.6) is 0 Å². The van der Waals surface area contributed by atoms with Crippen LogP contribution in [0.2, 0.25) is 0 Å². The molecule has 3 heteroatoms. The molecule has 0 aliphatic rings. The van der Waals surface area contributed by atoms with Gasteiger partial charge in [-0.3, -0.25) is 4.79 Å². The molecular formula is C15H21ClO2. The fraction of sp³-hybridized carbons (Fsp3) is 0.533. The van der Waals surface area contributed by atoms with Crippen LogP contribution in [-0.4, -0.2) is 22.4 Å². The zero-order chi connectivity index (χ0) is 13.8. The largest absolute Gasteiger partial charge is 0.389 e. The summed E-state index contributed by atoms with van der Waals surface area (Å²) >= 11 is 5.75. The molecule has 1 unspecified atom stereocenters. The lowest BCUT2D eigenvalue weighted by atomic mass is 9.64. The van der Waals surface area contributed by atoms with Gasteiger partial charge in [0, 0.05) is 0 Å². The number of hydrogen-bond donors (Lipinski definition) is 1. The number of halogens is 1. The van der Waals surface area contributed by atoms with E-state index in [1.165, 1.54) is 0 Å². The number of benzene rings is 1. The van der Waals surface area contributed by atoms with E-state index in [4.69, 9.17) is 11.6 Å². The van der Waals surface area contributed by atoms with E-state index in [0.717, 1.165) is 5.56 Å². The van der Waals surface area contributed by atoms with Gasteiger partial charge >= 0.3 is 0 Å². The fourth-order valence-corrected chi connectivity index (χ4v) is 2.82. The first kappa shape index (κ1) is 15.2. The van der Waals surface area contributed by atoms with Gasteiger partial charge in [-0.2, -0.15) is 0 Å². The smallest absolute Gasteiger partial charge is 0.160 e. The van der Waals surface area contributed by atoms with Gasteiger partial charge in [-0.05, 0) is 25.3 Å². The van der Waals surface area contributed by atoms with Gasteiger partial charge in [0.1, 0.15) is 0 Å². The Morgan fingerprint density at radius 2 is 1.72 bits per heavy atom. The molecule has 0 amide bonds. The maximum absolute atomic E-state index is 12.3. The Balaban J connectivity index is 3.41. The third kappa shape index (κ3) is 2.32. The topological polar surface area (TPSA) is 37.3 Å². The van der Waals surface area contributed by atoms with E-state index < -0.39 is 11.0 Å². The number of carbonyl (C=O) groups excluding carboxylic acids is 1. The molecule has 1 N–H and O–H groups in total. The number of aliphatic hydroxyl groups is 1. The van der Waals surface area contributed by atoms with Gasteiger partial charge < -0.3 is 5.11 Å². The molecule has 0 aliphatic heterocycles. The van der Waals surface area contributed by atoms with Crippen LogP contribution in [0, 0.1) is 0 Å². The molecule has 2 nitrogen and oxygen atoms in total. The molecule has 100 valence electrons. The van der Waals surface area contributed by atoms with Crippen molar-refractivity contribution in [3.05, 3.63) is 35.9 Å². The summed E-state index contributed by atoms with van der Waals surface area (Å²) in [6, 6.07) is 9.40. The molecule has 0 radical (unpaired) electrons. The molecule has 1 rings (SSSR count). The van der Waals surface area contributed by atoms with E-state index in [9.17, 15) is 9.90 Å². The number of alkyl halides is 1. The summed E-state index contributed by atoms with van der Waals surface area (Å²) in [5.41, 5.74) is -1.21. The summed E-state index contributed by atoms with van der Waals surface area (Å²) in [4.78, 5) is 12.3. The van der Waals surface area contributed by atoms with Crippen molar-refractivity contribution in [2.75, 3.05) is 5.88 Å². The molecule has 0 aliphatic carbocycles. The highest BCUT2D eigenvalue weighted by atomic mass is 35.5. The standard InChI is InChI=1S/C15H21ClO2/c1-4-15(18,5-2)14(3,13(17)11-16)12-9-7-6-8-10-12/h6-10,18H,4-5,11H2,1-3H3. The van der Waals surface area contributed by atoms with E-state index in [-0.39, 0.29) is 11.7 Å². The first-order valence-electron chi connectivity index (χ1n) is 6.33. The van der Waals surface area contributed by atoms with Crippen LogP contribution in [0.3, 0.4) is 0 Å². The normalized spacial score (nSPS) is 15.2. The Kier molecular flexibility index (Phi) is 4.94. The molecule has 1 aromatic carbocycles. The summed E-state index contributed by atoms with van der Waals surface area (Å²) in [7, 11) is 0. The number of hydrogen-bond acceptors (Lipinski definition) is 2. The maximum atomic E-state index is 12.3. The Labute approximate surface area is 114 Å². The molecule has 1 atom stereocenters. The van der Waals surface area contributed by atoms with Gasteiger partial charge in [0.25, 0.3) is 0 Å². The SMILES string of the molecule is CCC(O)(CC)C(C)(C(=O)CCl)c1ccccc1. The van der Waals surface area contributed by atoms with Crippen molar-refractivity contribution < 1.29 is 9.90 Å². The van der Waals surface area contributed by atoms with Crippen LogP contribution in [-0.2, 0) is 10.2 Å². The molecule has 0 heterocycles. The Morgan fingerprint density at radius 1 is 1.22 bits per heavy atom. The predicted molar refractivity (Wildman–Crippen MR) is 75.1 cm³/mol. The Bertz CT molecular complexity index is 398. The van der Waals surface area contributed by atoms with E-state index in [0.29, 0.717) is 12.8 Å². The van der Waals surface area contributed by atoms with Crippen molar-refractivity contribution in [2.45, 2.75) is 44.6 Å². The van der Waals surface area contributed by atoms with E-state index >= 15 is 0 Å². The van der Waals surface area contributed by atoms with E-state index in [2.05, 4.69) is 0 Å². The van der Waals surface area contributed by atoms with Crippen LogP contribution in [0.25, 0.3) is 0 Å². The first-order chi connectivity index (χ1) is 8.46. The van der Waals surface area contributed by atoms with Gasteiger partial charge in [0.2, 0.25) is 0 Å². The number of Topliss-reactive ketones (excluding diaryl/α,β-unsaturated/α-hetero) is 1. The van der Waals surface area contributed by atoms with Crippen molar-refractivity contribution in [2.24, 2.45) is 0 Å². The van der Waals surface area contributed by atoms with Crippen LogP contribution < -0.4 is 0 Å². The summed E-state index contributed by atoms with van der Waals surface area (Å²) in [6.07, 6.45) is 1.02. The molecular weight excluding hydrogens is 248 g/mol. The molecule has 0 saturated carbocycles. The summed E-state index contributed by atoms with van der Waals surface area (Å²) in [6.45, 7) is 5.58. The van der Waals surface area contributed by atoms with Crippen molar-refractivity contribution in [1.29, 1.82) is 0 Å². The van der Waals surface area contributed by atoms with Gasteiger partial charge in [0.05, 0.1) is 16.9 Å². The molecule has 1 aromatic rings. The summed E-state index contributed by atoms with van der Waals surface area (Å²) in [5.74, 6) is -0.227. The average Bonchev–Trinajstić information content (AvgIpc) is 2.45. The fourth-order valence-electron chi connectivity index (χ4n) is 2.55. The van der Waals surface area contributed by atoms with Crippen molar-refractivity contribution in [3.8, 4) is 0 Å². The van der Waals surface area contributed by atoms with Gasteiger partial charge in [-0.15, -0.1) is 11.6 Å². The molecule has 0 aromatic heterocycles. The second-order valence-corrected chi connectivity index (χ2v) is 5.05. The van der Waals surface area contributed by atoms with Crippen molar-refractivity contribution >= 4 is 17.4 Å². The van der Waals surface area contributed by atoms with Crippen molar-refractivity contribution in [1.82, 2.24) is 0 Å². The molecule has 0 bridgehead atoms. The average molecular weight is 269 g/mol. The van der Waals surface area contributed by atoms with Gasteiger partial charge in [-0.25, -0.2) is 0 Å². The molecule has 0 fully saturated rings. The highest BCUT2D eigenvalue weighted by Crippen LogP contribution is 2.40. The Hall–Kier alpha value is -0.860. The zero-order valence-corrected chi connectivity index (χ0v) is 12.0. The Morgan fingerprint density at radius 3 is 2.11 bits per heavy atom. The van der Waals surface area contributed by atoms with Gasteiger partial charge in [-0.1, -0.05) is 44.2 Å². The second-order valence-electron chi connectivity index (χ2n) is 4.79. The lowest BCUT2D eigenvalue weighted by Gasteiger charge is -2.43. The predicted octanol–water partition coefficient (Wildman–Crippen LogP) is 3.30. The number of carbonyl (C=O) groups is 1. The second kappa shape index (κ2) is 5.85. The van der Waals surface area contributed by atoms with E-state index in [1.54, 1.807) is 6.92 Å². The minimum Gasteiger partial charge on any atom is -0.389 e. The third-order valence-electron chi connectivity index (χ3n) is 4.13. The minimum atomic E-state index is -1.07. The maximum Gasteiger partial charge on any atom is 0.160 e. The first-order valence-corrected chi connectivity index (χ1v) is 6.87. The van der Waals surface area contributed by atoms with Crippen LogP contribution in [0.15, 0.2) is 30.3 Å². The molecule has 0 saturated heterocycles. The number of rotatable bonds is 6. The quantitative estimate of drug-likeness (QED) is 0.804. The monoisotopic (exact) mass is 268 g/mol. The summed E-state index contributed by atoms with van der Waals surface area (Å²) < 4.78 is 0.